The molecule has 2 rings (SSSR count). The number of rotatable bonds is 5. The summed E-state index contributed by atoms with van der Waals surface area (Å²) in [4.78, 5) is 3.90. The zero-order chi connectivity index (χ0) is 13.7. The Kier molecular flexibility index (Phi) is 4.41. The third-order valence-corrected chi connectivity index (χ3v) is 2.60. The SMILES string of the molecule is NCCc1cc(F)c(OCc2cccnc2)c(F)c1. The highest BCUT2D eigenvalue weighted by molar-refractivity contribution is 5.31. The van der Waals surface area contributed by atoms with Crippen molar-refractivity contribution in [2.75, 3.05) is 6.54 Å². The highest BCUT2D eigenvalue weighted by atomic mass is 19.1. The van der Waals surface area contributed by atoms with Crippen LogP contribution in [0.3, 0.4) is 0 Å². The van der Waals surface area contributed by atoms with Crippen molar-refractivity contribution in [3.63, 3.8) is 0 Å². The lowest BCUT2D eigenvalue weighted by Gasteiger charge is -2.09. The van der Waals surface area contributed by atoms with Gasteiger partial charge in [0.25, 0.3) is 0 Å². The molecule has 0 spiro atoms. The summed E-state index contributed by atoms with van der Waals surface area (Å²) < 4.78 is 32.6. The van der Waals surface area contributed by atoms with Gasteiger partial charge in [-0.2, -0.15) is 0 Å². The van der Waals surface area contributed by atoms with Gasteiger partial charge in [0, 0.05) is 18.0 Å². The van der Waals surface area contributed by atoms with E-state index in [1.807, 2.05) is 0 Å². The number of nitrogens with two attached hydrogens (primary N) is 1. The fourth-order valence-electron chi connectivity index (χ4n) is 1.70. The molecule has 2 aromatic rings. The van der Waals surface area contributed by atoms with Crippen molar-refractivity contribution in [3.8, 4) is 5.75 Å². The van der Waals surface area contributed by atoms with Gasteiger partial charge in [0.15, 0.2) is 17.4 Å². The van der Waals surface area contributed by atoms with Crippen LogP contribution in [0.15, 0.2) is 36.7 Å². The van der Waals surface area contributed by atoms with Crippen LogP contribution in [-0.4, -0.2) is 11.5 Å². The Bertz CT molecular complexity index is 523. The molecule has 0 radical (unpaired) electrons. The van der Waals surface area contributed by atoms with E-state index in [0.717, 1.165) is 5.56 Å². The first-order valence-corrected chi connectivity index (χ1v) is 5.90. The van der Waals surface area contributed by atoms with Gasteiger partial charge in [-0.15, -0.1) is 0 Å². The molecule has 19 heavy (non-hydrogen) atoms. The Balaban J connectivity index is 2.12. The van der Waals surface area contributed by atoms with Crippen LogP contribution in [0.4, 0.5) is 8.78 Å². The molecule has 3 nitrogen and oxygen atoms in total. The van der Waals surface area contributed by atoms with Gasteiger partial charge in [0.1, 0.15) is 6.61 Å². The van der Waals surface area contributed by atoms with E-state index in [1.54, 1.807) is 24.5 Å². The van der Waals surface area contributed by atoms with E-state index in [4.69, 9.17) is 10.5 Å². The summed E-state index contributed by atoms with van der Waals surface area (Å²) >= 11 is 0. The molecule has 0 aliphatic rings. The maximum atomic E-state index is 13.7. The third kappa shape index (κ3) is 3.48. The van der Waals surface area contributed by atoms with E-state index >= 15 is 0 Å². The zero-order valence-electron chi connectivity index (χ0n) is 10.3. The average molecular weight is 264 g/mol. The molecule has 100 valence electrons. The minimum Gasteiger partial charge on any atom is -0.483 e. The van der Waals surface area contributed by atoms with Crippen molar-refractivity contribution < 1.29 is 13.5 Å². The largest absolute Gasteiger partial charge is 0.483 e. The molecule has 5 heteroatoms. The van der Waals surface area contributed by atoms with Crippen LogP contribution in [0.2, 0.25) is 0 Å². The van der Waals surface area contributed by atoms with Crippen molar-refractivity contribution in [2.45, 2.75) is 13.0 Å². The number of hydrogen-bond donors (Lipinski definition) is 1. The van der Waals surface area contributed by atoms with E-state index in [2.05, 4.69) is 4.98 Å². The van der Waals surface area contributed by atoms with E-state index < -0.39 is 11.6 Å². The maximum absolute atomic E-state index is 13.7. The fourth-order valence-corrected chi connectivity index (χ4v) is 1.70. The summed E-state index contributed by atoms with van der Waals surface area (Å²) in [5, 5.41) is 0. The maximum Gasteiger partial charge on any atom is 0.191 e. The van der Waals surface area contributed by atoms with E-state index in [0.29, 0.717) is 18.5 Å². The van der Waals surface area contributed by atoms with Crippen molar-refractivity contribution >= 4 is 0 Å². The number of hydrogen-bond acceptors (Lipinski definition) is 3. The van der Waals surface area contributed by atoms with E-state index in [9.17, 15) is 8.78 Å². The summed E-state index contributed by atoms with van der Waals surface area (Å²) in [6.07, 6.45) is 3.63. The lowest BCUT2D eigenvalue weighted by molar-refractivity contribution is 0.273. The van der Waals surface area contributed by atoms with Crippen molar-refractivity contribution in [1.82, 2.24) is 4.98 Å². The van der Waals surface area contributed by atoms with Crippen LogP contribution in [0, 0.1) is 11.6 Å². The summed E-state index contributed by atoms with van der Waals surface area (Å²) in [6, 6.07) is 5.99. The molecule has 0 unspecified atom stereocenters. The smallest absolute Gasteiger partial charge is 0.191 e. The van der Waals surface area contributed by atoms with Gasteiger partial charge >= 0.3 is 0 Å². The minimum atomic E-state index is -0.715. The van der Waals surface area contributed by atoms with Gasteiger partial charge in [-0.05, 0) is 36.7 Å². The van der Waals surface area contributed by atoms with Crippen LogP contribution in [0.1, 0.15) is 11.1 Å². The average Bonchev–Trinajstić information content (AvgIpc) is 2.39. The molecule has 1 heterocycles. The first-order chi connectivity index (χ1) is 9.20. The van der Waals surface area contributed by atoms with Gasteiger partial charge in [-0.1, -0.05) is 6.07 Å². The molecule has 0 atom stereocenters. The number of ether oxygens (including phenoxy) is 1. The van der Waals surface area contributed by atoms with E-state index in [1.165, 1.54) is 12.1 Å². The monoisotopic (exact) mass is 264 g/mol. The highest BCUT2D eigenvalue weighted by Crippen LogP contribution is 2.24. The predicted octanol–water partition coefficient (Wildman–Crippen LogP) is 2.44. The number of benzene rings is 1. The lowest BCUT2D eigenvalue weighted by Crippen LogP contribution is -2.05. The molecule has 0 amide bonds. The topological polar surface area (TPSA) is 48.1 Å². The standard InChI is InChI=1S/C14H14F2N2O/c15-12-6-10(3-4-17)7-13(16)14(12)19-9-11-2-1-5-18-8-11/h1-2,5-8H,3-4,9,17H2. The summed E-state index contributed by atoms with van der Waals surface area (Å²) in [7, 11) is 0. The molecule has 2 N–H and O–H groups in total. The van der Waals surface area contributed by atoms with Gasteiger partial charge in [-0.3, -0.25) is 4.98 Å². The van der Waals surface area contributed by atoms with Gasteiger partial charge < -0.3 is 10.5 Å². The molecular weight excluding hydrogens is 250 g/mol. The summed E-state index contributed by atoms with van der Waals surface area (Å²) in [5.74, 6) is -1.80. The zero-order valence-corrected chi connectivity index (χ0v) is 10.3. The quantitative estimate of drug-likeness (QED) is 0.902. The third-order valence-electron chi connectivity index (χ3n) is 2.60. The number of halogens is 2. The van der Waals surface area contributed by atoms with Crippen molar-refractivity contribution in [2.24, 2.45) is 5.73 Å². The summed E-state index contributed by atoms with van der Waals surface area (Å²) in [6.45, 7) is 0.409. The van der Waals surface area contributed by atoms with Crippen molar-refractivity contribution in [3.05, 3.63) is 59.4 Å². The Hall–Kier alpha value is -2.01. The highest BCUT2D eigenvalue weighted by Gasteiger charge is 2.12. The molecule has 1 aromatic heterocycles. The van der Waals surface area contributed by atoms with Gasteiger partial charge in [0.2, 0.25) is 0 Å². The summed E-state index contributed by atoms with van der Waals surface area (Å²) in [5.41, 5.74) is 6.61. The molecule has 0 fully saturated rings. The number of aromatic nitrogens is 1. The van der Waals surface area contributed by atoms with Crippen LogP contribution in [0.25, 0.3) is 0 Å². The minimum absolute atomic E-state index is 0.0674. The molecule has 0 aliphatic carbocycles. The second-order valence-corrected chi connectivity index (χ2v) is 4.08. The number of pyridine rings is 1. The Morgan fingerprint density at radius 3 is 2.47 bits per heavy atom. The second-order valence-electron chi connectivity index (χ2n) is 4.08. The van der Waals surface area contributed by atoms with Gasteiger partial charge in [0.05, 0.1) is 0 Å². The first kappa shape index (κ1) is 13.4. The lowest BCUT2D eigenvalue weighted by atomic mass is 10.1. The second kappa shape index (κ2) is 6.24. The molecule has 0 bridgehead atoms. The Morgan fingerprint density at radius 1 is 1.16 bits per heavy atom. The molecule has 0 saturated carbocycles. The molecule has 1 aromatic carbocycles. The molecule has 0 saturated heterocycles. The van der Waals surface area contributed by atoms with Crippen LogP contribution < -0.4 is 10.5 Å². The van der Waals surface area contributed by atoms with Gasteiger partial charge in [-0.25, -0.2) is 8.78 Å². The van der Waals surface area contributed by atoms with Crippen LogP contribution >= 0.6 is 0 Å². The number of nitrogens with zero attached hydrogens (tertiary/aromatic N) is 1. The normalized spacial score (nSPS) is 10.5. The Labute approximate surface area is 110 Å². The van der Waals surface area contributed by atoms with Crippen LogP contribution in [0.5, 0.6) is 5.75 Å². The predicted molar refractivity (Wildman–Crippen MR) is 67.7 cm³/mol. The first-order valence-electron chi connectivity index (χ1n) is 5.90. The van der Waals surface area contributed by atoms with Crippen molar-refractivity contribution in [1.29, 1.82) is 0 Å². The Morgan fingerprint density at radius 2 is 1.89 bits per heavy atom. The molecule has 0 aliphatic heterocycles. The molecular formula is C14H14F2N2O. The van der Waals surface area contributed by atoms with Crippen LogP contribution in [-0.2, 0) is 13.0 Å². The fraction of sp³-hybridized carbons (Fsp3) is 0.214. The van der Waals surface area contributed by atoms with E-state index in [-0.39, 0.29) is 12.4 Å².